The van der Waals surface area contributed by atoms with Gasteiger partial charge in [0.25, 0.3) is 30.3 Å². The van der Waals surface area contributed by atoms with Gasteiger partial charge in [0.2, 0.25) is 0 Å². The van der Waals surface area contributed by atoms with Crippen LogP contribution in [0.5, 0.6) is 5.75 Å². The van der Waals surface area contributed by atoms with E-state index in [4.69, 9.17) is 13.1 Å². The molecule has 0 aromatic heterocycles. The minimum Gasteiger partial charge on any atom is -0.486 e. The fourth-order valence-electron chi connectivity index (χ4n) is 3.53. The first-order chi connectivity index (χ1) is 16.1. The molecule has 0 bridgehead atoms. The summed E-state index contributed by atoms with van der Waals surface area (Å²) in [6.45, 7) is 0.992. The molecule has 0 fully saturated rings. The smallest absolute Gasteiger partial charge is 0.264 e. The van der Waals surface area contributed by atoms with Gasteiger partial charge in [0.15, 0.2) is 0 Å². The van der Waals surface area contributed by atoms with Crippen molar-refractivity contribution in [2.45, 2.75) is 24.3 Å². The van der Waals surface area contributed by atoms with Crippen LogP contribution in [0.3, 0.4) is 0 Å². The summed E-state index contributed by atoms with van der Waals surface area (Å²) in [6.07, 6.45) is 1.09. The molecule has 0 aliphatic carbocycles. The maximum Gasteiger partial charge on any atom is 0.264 e. The summed E-state index contributed by atoms with van der Waals surface area (Å²) >= 11 is 3.36. The Morgan fingerprint density at radius 2 is 1.63 bits per heavy atom. The maximum atomic E-state index is 13.6. The zero-order chi connectivity index (χ0) is 26.0. The zero-order valence-electron chi connectivity index (χ0n) is 19.2. The number of hydrogen-bond donors (Lipinski definition) is 0. The molecule has 1 heterocycles. The highest BCUT2D eigenvalue weighted by molar-refractivity contribution is 9.10. The van der Waals surface area contributed by atoms with Gasteiger partial charge in [0.1, 0.15) is 11.9 Å². The van der Waals surface area contributed by atoms with Crippen molar-refractivity contribution in [2.75, 3.05) is 36.6 Å². The van der Waals surface area contributed by atoms with Crippen molar-refractivity contribution in [3.8, 4) is 5.75 Å². The highest BCUT2D eigenvalue weighted by Gasteiger charge is 2.36. The van der Waals surface area contributed by atoms with Crippen molar-refractivity contribution in [3.05, 3.63) is 52.5 Å². The Morgan fingerprint density at radius 3 is 2.20 bits per heavy atom. The van der Waals surface area contributed by atoms with E-state index in [0.717, 1.165) is 18.1 Å². The number of anilines is 1. The number of benzene rings is 2. The SMILES string of the molecule is Cc1cccc(S(=O)(=O)N2C[C@H](CC(COS(C)(=O)=O)COS(C)(=O)=O)Oc3ccc(Br)cc32)c1. The summed E-state index contributed by atoms with van der Waals surface area (Å²) in [7, 11) is -11.6. The molecule has 35 heavy (non-hydrogen) atoms. The monoisotopic (exact) mass is 611 g/mol. The Labute approximate surface area is 214 Å². The average Bonchev–Trinajstić information content (AvgIpc) is 2.74. The normalized spacial score (nSPS) is 16.7. The van der Waals surface area contributed by atoms with E-state index < -0.39 is 42.3 Å². The summed E-state index contributed by atoms with van der Waals surface area (Å²) in [5.41, 5.74) is 1.12. The lowest BCUT2D eigenvalue weighted by atomic mass is 10.0. The maximum absolute atomic E-state index is 13.6. The molecule has 0 radical (unpaired) electrons. The van der Waals surface area contributed by atoms with Crippen LogP contribution in [0.15, 0.2) is 51.8 Å². The molecule has 0 amide bonds. The number of sulfonamides is 1. The lowest BCUT2D eigenvalue weighted by molar-refractivity contribution is 0.115. The van der Waals surface area contributed by atoms with Crippen LogP contribution < -0.4 is 9.04 Å². The van der Waals surface area contributed by atoms with Gasteiger partial charge in [-0.05, 0) is 49.2 Å². The molecule has 0 spiro atoms. The standard InChI is InChI=1S/C21H26BrNO9S3/c1-15-5-4-6-19(9-15)35(28,29)23-12-18(32-21-8-7-17(22)11-20(21)23)10-16(13-30-33(2,24)25)14-31-34(3,26)27/h4-9,11,16,18H,10,12-14H2,1-3H3/t18-/m0/s1. The fourth-order valence-corrected chi connectivity index (χ4v) is 6.37. The van der Waals surface area contributed by atoms with E-state index in [1.165, 1.54) is 10.4 Å². The molecule has 1 aliphatic heterocycles. The van der Waals surface area contributed by atoms with Crippen LogP contribution in [-0.2, 0) is 38.6 Å². The van der Waals surface area contributed by atoms with E-state index in [0.29, 0.717) is 15.9 Å². The van der Waals surface area contributed by atoms with Gasteiger partial charge in [0.05, 0.1) is 42.9 Å². The summed E-state index contributed by atoms with van der Waals surface area (Å²) in [4.78, 5) is 0.112. The van der Waals surface area contributed by atoms with Gasteiger partial charge in [-0.3, -0.25) is 12.7 Å². The molecule has 0 unspecified atom stereocenters. The van der Waals surface area contributed by atoms with Crippen LogP contribution in [0, 0.1) is 12.8 Å². The van der Waals surface area contributed by atoms with Crippen LogP contribution in [-0.4, -0.2) is 63.6 Å². The Morgan fingerprint density at radius 1 is 1.00 bits per heavy atom. The zero-order valence-corrected chi connectivity index (χ0v) is 23.3. The largest absolute Gasteiger partial charge is 0.486 e. The van der Waals surface area contributed by atoms with Gasteiger partial charge in [-0.1, -0.05) is 28.1 Å². The van der Waals surface area contributed by atoms with Crippen molar-refractivity contribution in [3.63, 3.8) is 0 Å². The van der Waals surface area contributed by atoms with E-state index in [1.54, 1.807) is 43.3 Å². The fraction of sp³-hybridized carbons (Fsp3) is 0.429. The average molecular weight is 613 g/mol. The minimum atomic E-state index is -3.98. The highest BCUT2D eigenvalue weighted by Crippen LogP contribution is 2.40. The Hall–Kier alpha value is -1.71. The minimum absolute atomic E-state index is 0.0698. The lowest BCUT2D eigenvalue weighted by Crippen LogP contribution is -2.45. The van der Waals surface area contributed by atoms with Crippen LogP contribution >= 0.6 is 15.9 Å². The van der Waals surface area contributed by atoms with E-state index in [1.807, 2.05) is 0 Å². The van der Waals surface area contributed by atoms with Crippen LogP contribution in [0.25, 0.3) is 0 Å². The summed E-state index contributed by atoms with van der Waals surface area (Å²) < 4.78 is 90.8. The van der Waals surface area contributed by atoms with Crippen LogP contribution in [0.1, 0.15) is 12.0 Å². The Kier molecular flexibility index (Phi) is 8.54. The van der Waals surface area contributed by atoms with E-state index in [-0.39, 0.29) is 31.1 Å². The third-order valence-electron chi connectivity index (χ3n) is 5.06. The second-order valence-electron chi connectivity index (χ2n) is 8.28. The molecule has 2 aromatic rings. The number of fused-ring (bicyclic) bond motifs is 1. The van der Waals surface area contributed by atoms with Crippen molar-refractivity contribution >= 4 is 51.9 Å². The van der Waals surface area contributed by atoms with E-state index in [9.17, 15) is 25.3 Å². The van der Waals surface area contributed by atoms with E-state index >= 15 is 0 Å². The molecule has 0 saturated heterocycles. The van der Waals surface area contributed by atoms with Gasteiger partial charge in [-0.25, -0.2) is 8.42 Å². The van der Waals surface area contributed by atoms with Crippen molar-refractivity contribution in [1.29, 1.82) is 0 Å². The summed E-state index contributed by atoms with van der Waals surface area (Å²) in [6, 6.07) is 11.5. The van der Waals surface area contributed by atoms with Crippen molar-refractivity contribution in [2.24, 2.45) is 5.92 Å². The summed E-state index contributed by atoms with van der Waals surface area (Å²) in [5, 5.41) is 0. The first kappa shape index (κ1) is 27.9. The molecule has 3 rings (SSSR count). The Balaban J connectivity index is 1.93. The molecule has 1 aliphatic rings. The first-order valence-electron chi connectivity index (χ1n) is 10.4. The summed E-state index contributed by atoms with van der Waals surface area (Å²) in [5.74, 6) is -0.405. The lowest BCUT2D eigenvalue weighted by Gasteiger charge is -2.36. The van der Waals surface area contributed by atoms with Gasteiger partial charge in [0, 0.05) is 10.4 Å². The second-order valence-corrected chi connectivity index (χ2v) is 14.3. The quantitative estimate of drug-likeness (QED) is 0.372. The second kappa shape index (κ2) is 10.7. The third-order valence-corrected chi connectivity index (χ3v) is 8.46. The predicted octanol–water partition coefficient (Wildman–Crippen LogP) is 2.67. The highest BCUT2D eigenvalue weighted by atomic mass is 79.9. The molecule has 2 aromatic carbocycles. The van der Waals surface area contributed by atoms with Gasteiger partial charge in [-0.15, -0.1) is 0 Å². The number of ether oxygens (including phenoxy) is 1. The molecule has 10 nitrogen and oxygen atoms in total. The van der Waals surface area contributed by atoms with Gasteiger partial charge >= 0.3 is 0 Å². The van der Waals surface area contributed by atoms with Crippen LogP contribution in [0.2, 0.25) is 0 Å². The molecular formula is C21H26BrNO9S3. The molecular weight excluding hydrogens is 586 g/mol. The van der Waals surface area contributed by atoms with E-state index in [2.05, 4.69) is 15.9 Å². The third kappa shape index (κ3) is 7.89. The molecule has 0 N–H and O–H groups in total. The molecule has 0 saturated carbocycles. The predicted molar refractivity (Wildman–Crippen MR) is 134 cm³/mol. The van der Waals surface area contributed by atoms with Crippen molar-refractivity contribution in [1.82, 2.24) is 0 Å². The topological polar surface area (TPSA) is 133 Å². The molecule has 14 heteroatoms. The van der Waals surface area contributed by atoms with Gasteiger partial charge in [-0.2, -0.15) is 16.8 Å². The van der Waals surface area contributed by atoms with Crippen molar-refractivity contribution < 1.29 is 38.4 Å². The first-order valence-corrected chi connectivity index (χ1v) is 16.2. The molecule has 1 atom stereocenters. The van der Waals surface area contributed by atoms with Crippen LogP contribution in [0.4, 0.5) is 5.69 Å². The van der Waals surface area contributed by atoms with Gasteiger partial charge < -0.3 is 4.74 Å². The number of hydrogen-bond acceptors (Lipinski definition) is 9. The molecule has 194 valence electrons. The number of rotatable bonds is 10. The number of halogens is 1. The Bertz CT molecular complexity index is 1360. The number of nitrogens with zero attached hydrogens (tertiary/aromatic N) is 1. The number of aryl methyl sites for hydroxylation is 1.